The predicted molar refractivity (Wildman–Crippen MR) is 82.2 cm³/mol. The van der Waals surface area contributed by atoms with Crippen molar-refractivity contribution in [3.8, 4) is 0 Å². The Morgan fingerprint density at radius 3 is 2.56 bits per heavy atom. The van der Waals surface area contributed by atoms with Gasteiger partial charge in [0.25, 0.3) is 5.91 Å². The molecule has 1 aromatic carbocycles. The van der Waals surface area contributed by atoms with Gasteiger partial charge >= 0.3 is 0 Å². The third-order valence-electron chi connectivity index (χ3n) is 2.36. The monoisotopic (exact) mass is 387 g/mol. The number of thiophene rings is 1. The van der Waals surface area contributed by atoms with Crippen LogP contribution < -0.4 is 5.32 Å². The fourth-order valence-corrected chi connectivity index (χ4v) is 3.54. The van der Waals surface area contributed by atoms with Crippen LogP contribution in [0, 0.1) is 0 Å². The molecule has 0 bridgehead atoms. The molecule has 0 radical (unpaired) electrons. The number of rotatable bonds is 4. The van der Waals surface area contributed by atoms with Crippen LogP contribution >= 0.6 is 43.2 Å². The van der Waals surface area contributed by atoms with Crippen LogP contribution in [0.1, 0.15) is 15.2 Å². The average molecular weight is 389 g/mol. The van der Waals surface area contributed by atoms with Crippen molar-refractivity contribution in [3.05, 3.63) is 55.1 Å². The molecule has 2 rings (SSSR count). The van der Waals surface area contributed by atoms with E-state index in [1.54, 1.807) is 11.3 Å². The van der Waals surface area contributed by atoms with Crippen LogP contribution in [0.2, 0.25) is 0 Å². The van der Waals surface area contributed by atoms with Gasteiger partial charge in [0, 0.05) is 25.9 Å². The second-order valence-electron chi connectivity index (χ2n) is 3.74. The zero-order valence-electron chi connectivity index (χ0n) is 9.45. The summed E-state index contributed by atoms with van der Waals surface area (Å²) in [4.78, 5) is 13.2. The van der Waals surface area contributed by atoms with Crippen LogP contribution in [0.4, 0.5) is 0 Å². The smallest absolute Gasteiger partial charge is 0.251 e. The second kappa shape index (κ2) is 6.50. The maximum absolute atomic E-state index is 11.9. The van der Waals surface area contributed by atoms with Crippen LogP contribution in [-0.4, -0.2) is 12.5 Å². The van der Waals surface area contributed by atoms with Crippen molar-refractivity contribution in [1.29, 1.82) is 0 Å². The van der Waals surface area contributed by atoms with E-state index in [-0.39, 0.29) is 5.91 Å². The minimum atomic E-state index is -0.0476. The standard InChI is InChI=1S/C13H11Br2NOS/c14-10-6-9(7-11(15)8-10)13(17)16-4-3-12-2-1-5-18-12/h1-2,5-8H,3-4H2,(H,16,17). The van der Waals surface area contributed by atoms with Gasteiger partial charge < -0.3 is 5.32 Å². The van der Waals surface area contributed by atoms with Gasteiger partial charge in [-0.3, -0.25) is 4.79 Å². The number of nitrogens with one attached hydrogen (secondary N) is 1. The Hall–Kier alpha value is -0.650. The first-order chi connectivity index (χ1) is 8.65. The molecule has 2 nitrogen and oxygen atoms in total. The third kappa shape index (κ3) is 3.93. The molecule has 0 aliphatic heterocycles. The Morgan fingerprint density at radius 1 is 1.22 bits per heavy atom. The summed E-state index contributed by atoms with van der Waals surface area (Å²) in [6, 6.07) is 9.62. The molecule has 0 fully saturated rings. The van der Waals surface area contributed by atoms with Crippen LogP contribution in [0.5, 0.6) is 0 Å². The lowest BCUT2D eigenvalue weighted by molar-refractivity contribution is 0.0954. The molecule has 1 heterocycles. The minimum Gasteiger partial charge on any atom is -0.352 e. The summed E-state index contributed by atoms with van der Waals surface area (Å²) < 4.78 is 1.78. The van der Waals surface area contributed by atoms with Gasteiger partial charge in [-0.2, -0.15) is 0 Å². The summed E-state index contributed by atoms with van der Waals surface area (Å²) in [5.41, 5.74) is 0.655. The van der Waals surface area contributed by atoms with Crippen molar-refractivity contribution >= 4 is 49.1 Å². The first-order valence-electron chi connectivity index (χ1n) is 5.42. The summed E-state index contributed by atoms with van der Waals surface area (Å²) in [7, 11) is 0. The van der Waals surface area contributed by atoms with Gasteiger partial charge in [-0.1, -0.05) is 37.9 Å². The fourth-order valence-electron chi connectivity index (χ4n) is 1.54. The van der Waals surface area contributed by atoms with Crippen molar-refractivity contribution in [2.75, 3.05) is 6.54 Å². The van der Waals surface area contributed by atoms with E-state index < -0.39 is 0 Å². The molecule has 5 heteroatoms. The molecule has 1 aromatic heterocycles. The van der Waals surface area contributed by atoms with Gasteiger partial charge in [0.1, 0.15) is 0 Å². The highest BCUT2D eigenvalue weighted by Gasteiger charge is 2.07. The van der Waals surface area contributed by atoms with Gasteiger partial charge in [-0.25, -0.2) is 0 Å². The van der Waals surface area contributed by atoms with Gasteiger partial charge in [-0.15, -0.1) is 11.3 Å². The van der Waals surface area contributed by atoms with Crippen LogP contribution in [0.15, 0.2) is 44.7 Å². The van der Waals surface area contributed by atoms with E-state index in [9.17, 15) is 4.79 Å². The Labute approximate surface area is 127 Å². The largest absolute Gasteiger partial charge is 0.352 e. The van der Waals surface area contributed by atoms with Gasteiger partial charge in [0.05, 0.1) is 0 Å². The summed E-state index contributed by atoms with van der Waals surface area (Å²) in [6.07, 6.45) is 0.874. The fraction of sp³-hybridized carbons (Fsp3) is 0.154. The molecule has 0 aliphatic carbocycles. The zero-order valence-corrected chi connectivity index (χ0v) is 13.4. The lowest BCUT2D eigenvalue weighted by Gasteiger charge is -2.05. The second-order valence-corrected chi connectivity index (χ2v) is 6.61. The average Bonchev–Trinajstić information content (AvgIpc) is 2.80. The molecule has 2 aromatic rings. The van der Waals surface area contributed by atoms with Crippen molar-refractivity contribution < 1.29 is 4.79 Å². The Kier molecular flexibility index (Phi) is 4.97. The summed E-state index contributed by atoms with van der Waals surface area (Å²) in [5.74, 6) is -0.0476. The van der Waals surface area contributed by atoms with Crippen LogP contribution in [0.3, 0.4) is 0 Å². The molecule has 0 atom stereocenters. The molecule has 0 saturated carbocycles. The number of amides is 1. The number of hydrogen-bond acceptors (Lipinski definition) is 2. The van der Waals surface area contributed by atoms with E-state index in [1.807, 2.05) is 29.6 Å². The Morgan fingerprint density at radius 2 is 1.94 bits per heavy atom. The molecule has 0 spiro atoms. The van der Waals surface area contributed by atoms with E-state index in [2.05, 4.69) is 43.2 Å². The predicted octanol–water partition coefficient (Wildman–Crippen LogP) is 4.25. The SMILES string of the molecule is O=C(NCCc1cccs1)c1cc(Br)cc(Br)c1. The van der Waals surface area contributed by atoms with E-state index >= 15 is 0 Å². The summed E-state index contributed by atoms with van der Waals surface area (Å²) >= 11 is 8.45. The Balaban J connectivity index is 1.91. The highest BCUT2D eigenvalue weighted by molar-refractivity contribution is 9.11. The van der Waals surface area contributed by atoms with Crippen molar-refractivity contribution in [2.24, 2.45) is 0 Å². The lowest BCUT2D eigenvalue weighted by Crippen LogP contribution is -2.25. The molecular formula is C13H11Br2NOS. The number of benzene rings is 1. The topological polar surface area (TPSA) is 29.1 Å². The van der Waals surface area contributed by atoms with E-state index in [1.165, 1.54) is 4.88 Å². The van der Waals surface area contributed by atoms with Crippen molar-refractivity contribution in [3.63, 3.8) is 0 Å². The van der Waals surface area contributed by atoms with Crippen molar-refractivity contribution in [1.82, 2.24) is 5.32 Å². The third-order valence-corrected chi connectivity index (χ3v) is 4.21. The molecule has 0 aliphatic rings. The molecule has 1 amide bonds. The highest BCUT2D eigenvalue weighted by Crippen LogP contribution is 2.20. The van der Waals surface area contributed by atoms with E-state index in [4.69, 9.17) is 0 Å². The van der Waals surface area contributed by atoms with Gasteiger partial charge in [0.2, 0.25) is 0 Å². The van der Waals surface area contributed by atoms with E-state index in [0.717, 1.165) is 15.4 Å². The maximum Gasteiger partial charge on any atom is 0.251 e. The minimum absolute atomic E-state index is 0.0476. The first kappa shape index (κ1) is 13.8. The first-order valence-corrected chi connectivity index (χ1v) is 7.88. The molecule has 18 heavy (non-hydrogen) atoms. The number of halogens is 2. The normalized spacial score (nSPS) is 10.3. The summed E-state index contributed by atoms with van der Waals surface area (Å²) in [6.45, 7) is 0.656. The highest BCUT2D eigenvalue weighted by atomic mass is 79.9. The van der Waals surface area contributed by atoms with Crippen LogP contribution in [-0.2, 0) is 6.42 Å². The molecule has 0 saturated heterocycles. The zero-order chi connectivity index (χ0) is 13.0. The van der Waals surface area contributed by atoms with Crippen LogP contribution in [0.25, 0.3) is 0 Å². The van der Waals surface area contributed by atoms with Gasteiger partial charge in [-0.05, 0) is 36.1 Å². The molecule has 94 valence electrons. The number of hydrogen-bond donors (Lipinski definition) is 1. The Bertz CT molecular complexity index is 520. The molecule has 0 unspecified atom stereocenters. The van der Waals surface area contributed by atoms with Crippen molar-refractivity contribution in [2.45, 2.75) is 6.42 Å². The van der Waals surface area contributed by atoms with Gasteiger partial charge in [0.15, 0.2) is 0 Å². The lowest BCUT2D eigenvalue weighted by atomic mass is 10.2. The molecular weight excluding hydrogens is 378 g/mol. The molecule has 1 N–H and O–H groups in total. The summed E-state index contributed by atoms with van der Waals surface area (Å²) in [5, 5.41) is 4.96. The number of carbonyl (C=O) groups excluding carboxylic acids is 1. The quantitative estimate of drug-likeness (QED) is 0.833. The van der Waals surface area contributed by atoms with E-state index in [0.29, 0.717) is 12.1 Å². The number of carbonyl (C=O) groups is 1. The maximum atomic E-state index is 11.9.